The minimum Gasteiger partial charge on any atom is -0.311 e. The Labute approximate surface area is 188 Å². The fourth-order valence-electron chi connectivity index (χ4n) is 3.24. The Balaban J connectivity index is 1.50. The smallest absolute Gasteiger partial charge is 0.237 e. The van der Waals surface area contributed by atoms with Crippen molar-refractivity contribution >= 4 is 57.3 Å². The number of amides is 1. The monoisotopic (exact) mass is 456 g/mol. The summed E-state index contributed by atoms with van der Waals surface area (Å²) in [6, 6.07) is 19.2. The summed E-state index contributed by atoms with van der Waals surface area (Å²) in [7, 11) is 0. The largest absolute Gasteiger partial charge is 0.311 e. The predicted molar refractivity (Wildman–Crippen MR) is 125 cm³/mol. The number of benzene rings is 3. The van der Waals surface area contributed by atoms with E-state index in [0.29, 0.717) is 33.1 Å². The molecular weight excluding hydrogens is 439 g/mol. The highest BCUT2D eigenvalue weighted by Gasteiger charge is 2.18. The van der Waals surface area contributed by atoms with Gasteiger partial charge in [-0.05, 0) is 36.6 Å². The molecule has 1 amide bonds. The van der Waals surface area contributed by atoms with Gasteiger partial charge in [-0.2, -0.15) is 0 Å². The normalized spacial score (nSPS) is 11.0. The van der Waals surface area contributed by atoms with Gasteiger partial charge in [-0.3, -0.25) is 9.89 Å². The molecule has 0 saturated carbocycles. The Morgan fingerprint density at radius 1 is 1.10 bits per heavy atom. The van der Waals surface area contributed by atoms with E-state index >= 15 is 0 Å². The van der Waals surface area contributed by atoms with Crippen LogP contribution in [0.1, 0.15) is 6.92 Å². The summed E-state index contributed by atoms with van der Waals surface area (Å²) >= 11 is 13.6. The molecule has 1 aromatic heterocycles. The van der Waals surface area contributed by atoms with Crippen molar-refractivity contribution < 1.29 is 4.79 Å². The van der Waals surface area contributed by atoms with Crippen LogP contribution in [-0.4, -0.2) is 33.4 Å². The van der Waals surface area contributed by atoms with Gasteiger partial charge in [0, 0.05) is 22.5 Å². The average molecular weight is 457 g/mol. The van der Waals surface area contributed by atoms with Gasteiger partial charge in [0.25, 0.3) is 0 Å². The number of hydrogen-bond acceptors (Lipinski definition) is 4. The van der Waals surface area contributed by atoms with E-state index in [1.165, 1.54) is 11.8 Å². The molecule has 0 atom stereocenters. The van der Waals surface area contributed by atoms with E-state index in [0.717, 1.165) is 16.5 Å². The Bertz CT molecular complexity index is 1210. The Hall–Kier alpha value is -2.54. The zero-order valence-electron chi connectivity index (χ0n) is 16.1. The molecule has 1 N–H and O–H groups in total. The number of rotatable bonds is 6. The number of nitrogens with one attached hydrogen (secondary N) is 1. The summed E-state index contributed by atoms with van der Waals surface area (Å²) in [4.78, 5) is 19.2. The zero-order valence-corrected chi connectivity index (χ0v) is 18.4. The van der Waals surface area contributed by atoms with Gasteiger partial charge in [0.05, 0.1) is 16.5 Å². The van der Waals surface area contributed by atoms with Crippen LogP contribution in [0.4, 0.5) is 5.69 Å². The van der Waals surface area contributed by atoms with E-state index in [1.807, 2.05) is 49.4 Å². The lowest BCUT2D eigenvalue weighted by Crippen LogP contribution is -2.32. The van der Waals surface area contributed by atoms with E-state index in [4.69, 9.17) is 23.2 Å². The van der Waals surface area contributed by atoms with E-state index in [-0.39, 0.29) is 11.7 Å². The maximum absolute atomic E-state index is 13.0. The molecule has 5 nitrogen and oxygen atoms in total. The zero-order chi connectivity index (χ0) is 21.1. The van der Waals surface area contributed by atoms with Crippen LogP contribution in [0.5, 0.6) is 0 Å². The molecule has 0 aliphatic heterocycles. The molecule has 0 radical (unpaired) electrons. The number of carbonyl (C=O) groups excluding carboxylic acids is 1. The van der Waals surface area contributed by atoms with Crippen molar-refractivity contribution in [3.8, 4) is 11.4 Å². The highest BCUT2D eigenvalue weighted by atomic mass is 35.5. The van der Waals surface area contributed by atoms with Gasteiger partial charge in [-0.15, -0.1) is 5.10 Å². The molecule has 4 rings (SSSR count). The van der Waals surface area contributed by atoms with Gasteiger partial charge < -0.3 is 4.90 Å². The third-order valence-electron chi connectivity index (χ3n) is 4.65. The lowest BCUT2D eigenvalue weighted by Gasteiger charge is -2.22. The van der Waals surface area contributed by atoms with Crippen molar-refractivity contribution in [2.24, 2.45) is 0 Å². The van der Waals surface area contributed by atoms with Crippen LogP contribution in [0.25, 0.3) is 22.2 Å². The van der Waals surface area contributed by atoms with Crippen molar-refractivity contribution in [1.29, 1.82) is 0 Å². The fourth-order valence-corrected chi connectivity index (χ4v) is 4.29. The van der Waals surface area contributed by atoms with Crippen molar-refractivity contribution in [2.45, 2.75) is 12.1 Å². The summed E-state index contributed by atoms with van der Waals surface area (Å²) in [5.74, 6) is 0.724. The number of H-pyrrole nitrogens is 1. The molecule has 1 heterocycles. The first-order chi connectivity index (χ1) is 14.6. The molecule has 3 aromatic carbocycles. The first-order valence-corrected chi connectivity index (χ1v) is 11.1. The predicted octanol–water partition coefficient (Wildman–Crippen LogP) is 6.08. The number of hydrogen-bond donors (Lipinski definition) is 1. The minimum atomic E-state index is -0.00834. The van der Waals surface area contributed by atoms with Crippen LogP contribution in [-0.2, 0) is 4.79 Å². The van der Waals surface area contributed by atoms with E-state index in [2.05, 4.69) is 15.2 Å². The Kier molecular flexibility index (Phi) is 6.27. The third kappa shape index (κ3) is 4.31. The third-order valence-corrected chi connectivity index (χ3v) is 6.04. The summed E-state index contributed by atoms with van der Waals surface area (Å²) in [6.07, 6.45) is 0. The van der Waals surface area contributed by atoms with Crippen LogP contribution in [0.2, 0.25) is 10.0 Å². The van der Waals surface area contributed by atoms with Crippen LogP contribution in [0, 0.1) is 0 Å². The van der Waals surface area contributed by atoms with Crippen molar-refractivity contribution in [3.63, 3.8) is 0 Å². The van der Waals surface area contributed by atoms with E-state index in [1.54, 1.807) is 23.1 Å². The van der Waals surface area contributed by atoms with Crippen LogP contribution >= 0.6 is 35.0 Å². The molecule has 0 bridgehead atoms. The fraction of sp³-hybridized carbons (Fsp3) is 0.136. The van der Waals surface area contributed by atoms with Gasteiger partial charge in [0.15, 0.2) is 5.82 Å². The lowest BCUT2D eigenvalue weighted by molar-refractivity contribution is -0.116. The number of carbonyl (C=O) groups is 1. The number of aromatic nitrogens is 3. The first-order valence-electron chi connectivity index (χ1n) is 9.35. The second-order valence-electron chi connectivity index (χ2n) is 6.52. The van der Waals surface area contributed by atoms with Crippen LogP contribution in [0.3, 0.4) is 0 Å². The Morgan fingerprint density at radius 3 is 2.73 bits per heavy atom. The molecule has 0 spiro atoms. The second-order valence-corrected chi connectivity index (χ2v) is 8.30. The summed E-state index contributed by atoms with van der Waals surface area (Å²) < 4.78 is 0. The molecular formula is C22H18Cl2N4OS. The maximum atomic E-state index is 13.0. The summed E-state index contributed by atoms with van der Waals surface area (Å²) in [5.41, 5.74) is 1.57. The minimum absolute atomic E-state index is 0.00834. The van der Waals surface area contributed by atoms with Crippen LogP contribution < -0.4 is 4.90 Å². The van der Waals surface area contributed by atoms with E-state index < -0.39 is 0 Å². The average Bonchev–Trinajstić information content (AvgIpc) is 3.23. The first kappa shape index (κ1) is 20.7. The summed E-state index contributed by atoms with van der Waals surface area (Å²) in [5, 5.41) is 10.8. The number of halogens is 2. The van der Waals surface area contributed by atoms with Crippen molar-refractivity contribution in [2.75, 3.05) is 17.2 Å². The lowest BCUT2D eigenvalue weighted by atomic mass is 10.1. The van der Waals surface area contributed by atoms with Gasteiger partial charge in [0.1, 0.15) is 0 Å². The maximum Gasteiger partial charge on any atom is 0.237 e. The molecule has 30 heavy (non-hydrogen) atoms. The standard InChI is InChI=1S/C22H18Cl2N4OS/c1-2-28(19-9-5-7-14-6-3-4-8-16(14)19)20(29)13-30-22-25-21(26-27-22)17-12-15(23)10-11-18(17)24/h3-12H,2,13H2,1H3,(H,25,26,27). The van der Waals surface area contributed by atoms with Gasteiger partial charge >= 0.3 is 0 Å². The number of thioether (sulfide) groups is 1. The molecule has 0 fully saturated rings. The molecule has 0 aliphatic rings. The molecule has 0 unspecified atom stereocenters. The summed E-state index contributed by atoms with van der Waals surface area (Å²) in [6.45, 7) is 2.54. The number of aromatic amines is 1. The molecule has 152 valence electrons. The highest BCUT2D eigenvalue weighted by molar-refractivity contribution is 7.99. The molecule has 0 saturated heterocycles. The van der Waals surface area contributed by atoms with Gasteiger partial charge in [-0.25, -0.2) is 4.98 Å². The number of anilines is 1. The second kappa shape index (κ2) is 9.08. The van der Waals surface area contributed by atoms with Crippen molar-refractivity contribution in [1.82, 2.24) is 15.2 Å². The quantitative estimate of drug-likeness (QED) is 0.357. The number of nitrogens with zero attached hydrogens (tertiary/aromatic N) is 3. The molecule has 8 heteroatoms. The van der Waals surface area contributed by atoms with Gasteiger partial charge in [0.2, 0.25) is 11.1 Å². The molecule has 4 aromatic rings. The highest BCUT2D eigenvalue weighted by Crippen LogP contribution is 2.30. The van der Waals surface area contributed by atoms with Crippen LogP contribution in [0.15, 0.2) is 65.8 Å². The molecule has 0 aliphatic carbocycles. The number of fused-ring (bicyclic) bond motifs is 1. The Morgan fingerprint density at radius 2 is 1.90 bits per heavy atom. The van der Waals surface area contributed by atoms with Crippen molar-refractivity contribution in [3.05, 3.63) is 70.7 Å². The topological polar surface area (TPSA) is 61.9 Å². The van der Waals surface area contributed by atoms with Gasteiger partial charge in [-0.1, -0.05) is 71.4 Å². The SMILES string of the molecule is CCN(C(=O)CSc1n[nH]c(-c2cc(Cl)ccc2Cl)n1)c1cccc2ccccc12. The van der Waals surface area contributed by atoms with E-state index in [9.17, 15) is 4.79 Å².